The average molecular weight is 217 g/mol. The zero-order valence-electron chi connectivity index (χ0n) is 9.10. The SMILES string of the molecule is O=C1c2ccccc2CCN1C1CC(O)C1. The minimum Gasteiger partial charge on any atom is -0.393 e. The number of aliphatic hydroxyl groups is 1. The molecule has 1 aromatic carbocycles. The highest BCUT2D eigenvalue weighted by Crippen LogP contribution is 2.30. The molecule has 1 saturated carbocycles. The second kappa shape index (κ2) is 3.59. The summed E-state index contributed by atoms with van der Waals surface area (Å²) in [7, 11) is 0. The summed E-state index contributed by atoms with van der Waals surface area (Å²) in [5.74, 6) is 0.138. The molecule has 0 atom stereocenters. The van der Waals surface area contributed by atoms with Crippen molar-refractivity contribution >= 4 is 5.91 Å². The summed E-state index contributed by atoms with van der Waals surface area (Å²) in [5, 5.41) is 9.29. The third-order valence-corrected chi connectivity index (χ3v) is 3.66. The van der Waals surface area contributed by atoms with Crippen LogP contribution in [0.2, 0.25) is 0 Å². The minimum absolute atomic E-state index is 0.138. The summed E-state index contributed by atoms with van der Waals surface area (Å²) in [4.78, 5) is 14.1. The van der Waals surface area contributed by atoms with Crippen molar-refractivity contribution in [3.05, 3.63) is 35.4 Å². The molecule has 0 bridgehead atoms. The molecule has 1 aromatic rings. The van der Waals surface area contributed by atoms with Gasteiger partial charge in [0.15, 0.2) is 0 Å². The van der Waals surface area contributed by atoms with E-state index in [4.69, 9.17) is 0 Å². The van der Waals surface area contributed by atoms with E-state index in [-0.39, 0.29) is 18.1 Å². The van der Waals surface area contributed by atoms with E-state index < -0.39 is 0 Å². The van der Waals surface area contributed by atoms with Gasteiger partial charge >= 0.3 is 0 Å². The van der Waals surface area contributed by atoms with Crippen molar-refractivity contribution in [3.8, 4) is 0 Å². The monoisotopic (exact) mass is 217 g/mol. The maximum atomic E-state index is 12.2. The second-order valence-electron chi connectivity index (χ2n) is 4.68. The first-order valence-electron chi connectivity index (χ1n) is 5.82. The van der Waals surface area contributed by atoms with Crippen molar-refractivity contribution in [2.24, 2.45) is 0 Å². The Morgan fingerprint density at radius 2 is 2.00 bits per heavy atom. The van der Waals surface area contributed by atoms with Gasteiger partial charge in [0.2, 0.25) is 0 Å². The van der Waals surface area contributed by atoms with Crippen molar-refractivity contribution in [1.29, 1.82) is 0 Å². The quantitative estimate of drug-likeness (QED) is 0.768. The molecule has 1 aliphatic carbocycles. The zero-order chi connectivity index (χ0) is 11.1. The normalized spacial score (nSPS) is 28.6. The third kappa shape index (κ3) is 1.43. The Bertz CT molecular complexity index is 424. The molecule has 0 unspecified atom stereocenters. The number of carbonyl (C=O) groups is 1. The van der Waals surface area contributed by atoms with Crippen LogP contribution in [0.4, 0.5) is 0 Å². The number of carbonyl (C=O) groups excluding carboxylic acids is 1. The van der Waals surface area contributed by atoms with Gasteiger partial charge in [-0.25, -0.2) is 0 Å². The summed E-state index contributed by atoms with van der Waals surface area (Å²) in [6.07, 6.45) is 2.23. The number of aliphatic hydroxyl groups excluding tert-OH is 1. The fourth-order valence-corrected chi connectivity index (χ4v) is 2.61. The van der Waals surface area contributed by atoms with Crippen LogP contribution in [0, 0.1) is 0 Å². The van der Waals surface area contributed by atoms with E-state index in [9.17, 15) is 9.90 Å². The lowest BCUT2D eigenvalue weighted by atomic mass is 9.86. The van der Waals surface area contributed by atoms with Gasteiger partial charge in [-0.15, -0.1) is 0 Å². The lowest BCUT2D eigenvalue weighted by Crippen LogP contribution is -2.52. The molecule has 0 radical (unpaired) electrons. The summed E-state index contributed by atoms with van der Waals surface area (Å²) >= 11 is 0. The lowest BCUT2D eigenvalue weighted by molar-refractivity contribution is 0.00363. The van der Waals surface area contributed by atoms with Crippen molar-refractivity contribution in [2.75, 3.05) is 6.54 Å². The number of benzene rings is 1. The Balaban J connectivity index is 1.84. The van der Waals surface area contributed by atoms with Gasteiger partial charge < -0.3 is 10.0 Å². The number of nitrogens with zero attached hydrogens (tertiary/aromatic N) is 1. The van der Waals surface area contributed by atoms with Gasteiger partial charge in [0, 0.05) is 18.2 Å². The molecule has 1 aliphatic heterocycles. The molecule has 1 N–H and O–H groups in total. The molecule has 0 saturated heterocycles. The Labute approximate surface area is 94.7 Å². The van der Waals surface area contributed by atoms with Crippen LogP contribution in [0.25, 0.3) is 0 Å². The van der Waals surface area contributed by atoms with Gasteiger partial charge in [0.1, 0.15) is 0 Å². The van der Waals surface area contributed by atoms with Crippen molar-refractivity contribution < 1.29 is 9.90 Å². The highest BCUT2D eigenvalue weighted by molar-refractivity contribution is 5.97. The Morgan fingerprint density at radius 1 is 1.25 bits per heavy atom. The van der Waals surface area contributed by atoms with E-state index in [2.05, 4.69) is 0 Å². The Kier molecular flexibility index (Phi) is 2.21. The molecule has 2 aliphatic rings. The molecule has 84 valence electrons. The molecule has 16 heavy (non-hydrogen) atoms. The summed E-state index contributed by atoms with van der Waals surface area (Å²) < 4.78 is 0. The molecule has 1 fully saturated rings. The van der Waals surface area contributed by atoms with Crippen LogP contribution < -0.4 is 0 Å². The lowest BCUT2D eigenvalue weighted by Gasteiger charge is -2.42. The predicted octanol–water partition coefficient (Wildman–Crippen LogP) is 1.21. The summed E-state index contributed by atoms with van der Waals surface area (Å²) in [6.45, 7) is 0.799. The van der Waals surface area contributed by atoms with Crippen molar-refractivity contribution in [2.45, 2.75) is 31.4 Å². The summed E-state index contributed by atoms with van der Waals surface area (Å²) in [5.41, 5.74) is 2.00. The topological polar surface area (TPSA) is 40.5 Å². The molecule has 3 nitrogen and oxygen atoms in total. The Hall–Kier alpha value is -1.35. The maximum absolute atomic E-state index is 12.2. The third-order valence-electron chi connectivity index (χ3n) is 3.66. The highest BCUT2D eigenvalue weighted by Gasteiger charge is 2.37. The van der Waals surface area contributed by atoms with E-state index in [0.29, 0.717) is 0 Å². The molecule has 0 spiro atoms. The number of fused-ring (bicyclic) bond motifs is 1. The fourth-order valence-electron chi connectivity index (χ4n) is 2.61. The molecule has 1 heterocycles. The van der Waals surface area contributed by atoms with Crippen LogP contribution in [0.3, 0.4) is 0 Å². The van der Waals surface area contributed by atoms with Crippen molar-refractivity contribution in [3.63, 3.8) is 0 Å². The highest BCUT2D eigenvalue weighted by atomic mass is 16.3. The van der Waals surface area contributed by atoms with Crippen LogP contribution in [-0.2, 0) is 6.42 Å². The van der Waals surface area contributed by atoms with E-state index in [1.165, 1.54) is 0 Å². The van der Waals surface area contributed by atoms with Gasteiger partial charge in [0.25, 0.3) is 5.91 Å². The Morgan fingerprint density at radius 3 is 2.75 bits per heavy atom. The molecule has 1 amide bonds. The standard InChI is InChI=1S/C13H15NO2/c15-11-7-10(8-11)14-6-5-9-3-1-2-4-12(9)13(14)16/h1-4,10-11,15H,5-8H2. The van der Waals surface area contributed by atoms with E-state index in [1.54, 1.807) is 0 Å². The fraction of sp³-hybridized carbons (Fsp3) is 0.462. The predicted molar refractivity (Wildman–Crippen MR) is 60.2 cm³/mol. The first-order chi connectivity index (χ1) is 7.75. The largest absolute Gasteiger partial charge is 0.393 e. The smallest absolute Gasteiger partial charge is 0.254 e. The van der Waals surface area contributed by atoms with Crippen LogP contribution in [0.15, 0.2) is 24.3 Å². The average Bonchev–Trinajstić information content (AvgIpc) is 2.27. The first-order valence-corrected chi connectivity index (χ1v) is 5.82. The summed E-state index contributed by atoms with van der Waals surface area (Å²) in [6, 6.07) is 8.08. The van der Waals surface area contributed by atoms with Gasteiger partial charge in [-0.05, 0) is 30.9 Å². The zero-order valence-corrected chi connectivity index (χ0v) is 9.10. The van der Waals surface area contributed by atoms with Gasteiger partial charge in [-0.3, -0.25) is 4.79 Å². The number of rotatable bonds is 1. The second-order valence-corrected chi connectivity index (χ2v) is 4.68. The van der Waals surface area contributed by atoms with E-state index >= 15 is 0 Å². The van der Waals surface area contributed by atoms with Crippen LogP contribution >= 0.6 is 0 Å². The van der Waals surface area contributed by atoms with Crippen LogP contribution in [-0.4, -0.2) is 34.6 Å². The van der Waals surface area contributed by atoms with Gasteiger partial charge in [0.05, 0.1) is 6.10 Å². The number of amides is 1. The minimum atomic E-state index is -0.199. The molecule has 0 aromatic heterocycles. The molecule has 3 rings (SSSR count). The number of hydrogen-bond donors (Lipinski definition) is 1. The van der Waals surface area contributed by atoms with Crippen molar-refractivity contribution in [1.82, 2.24) is 4.90 Å². The van der Waals surface area contributed by atoms with Crippen LogP contribution in [0.1, 0.15) is 28.8 Å². The maximum Gasteiger partial charge on any atom is 0.254 e. The van der Waals surface area contributed by atoms with Crippen LogP contribution in [0.5, 0.6) is 0 Å². The molecule has 3 heteroatoms. The van der Waals surface area contributed by atoms with E-state index in [1.807, 2.05) is 29.2 Å². The van der Waals surface area contributed by atoms with Gasteiger partial charge in [-0.1, -0.05) is 18.2 Å². The van der Waals surface area contributed by atoms with E-state index in [0.717, 1.165) is 36.9 Å². The molecular formula is C13H15NO2. The molecular weight excluding hydrogens is 202 g/mol. The number of hydrogen-bond acceptors (Lipinski definition) is 2. The van der Waals surface area contributed by atoms with Gasteiger partial charge in [-0.2, -0.15) is 0 Å². The first kappa shape index (κ1) is 9.85.